The second-order valence-electron chi connectivity index (χ2n) is 16.2. The standard InChI is InChI=1S/C49H91NO5/c1-4-7-10-13-16-19-22-24-26-29-32-35-38-41-47(52)46(44-51)50-48(53)43-45(40-37-34-31-28-25-21-18-15-12-9-6-3)55-49(54)42-39-36-33-30-27-23-20-17-14-11-8-5-2/h17,20,28,31,37,40,45-47,51-52H,4-16,18-19,21-27,29-30,32-36,38-39,41-44H2,1-3H3,(H,50,53)/b20-17-,31-28-,40-37+. The highest BCUT2D eigenvalue weighted by Crippen LogP contribution is 2.16. The minimum atomic E-state index is -0.809. The van der Waals surface area contributed by atoms with E-state index in [1.165, 1.54) is 141 Å². The van der Waals surface area contributed by atoms with Crippen LogP contribution in [-0.2, 0) is 14.3 Å². The number of aliphatic hydroxyl groups excluding tert-OH is 2. The molecule has 0 bridgehead atoms. The second-order valence-corrected chi connectivity index (χ2v) is 16.2. The highest BCUT2D eigenvalue weighted by atomic mass is 16.5. The number of allylic oxidation sites excluding steroid dienone is 5. The first-order valence-electron chi connectivity index (χ1n) is 23.7. The third-order valence-corrected chi connectivity index (χ3v) is 10.7. The van der Waals surface area contributed by atoms with Gasteiger partial charge in [-0.15, -0.1) is 0 Å². The van der Waals surface area contributed by atoms with Crippen LogP contribution < -0.4 is 5.32 Å². The summed E-state index contributed by atoms with van der Waals surface area (Å²) in [5.41, 5.74) is 0. The number of rotatable bonds is 42. The first-order valence-corrected chi connectivity index (χ1v) is 23.7. The molecular weight excluding hydrogens is 683 g/mol. The third kappa shape index (κ3) is 38.7. The number of unbranched alkanes of at least 4 members (excludes halogenated alkanes) is 26. The lowest BCUT2D eigenvalue weighted by atomic mass is 10.0. The third-order valence-electron chi connectivity index (χ3n) is 10.7. The average molecular weight is 774 g/mol. The maximum atomic E-state index is 13.1. The molecule has 0 spiro atoms. The molecule has 0 radical (unpaired) electrons. The minimum absolute atomic E-state index is 0.0301. The Kier molecular flexibility index (Phi) is 41.7. The summed E-state index contributed by atoms with van der Waals surface area (Å²) in [6.07, 6.45) is 49.4. The molecule has 6 heteroatoms. The largest absolute Gasteiger partial charge is 0.458 e. The second kappa shape index (κ2) is 43.2. The molecule has 3 N–H and O–H groups in total. The van der Waals surface area contributed by atoms with E-state index in [2.05, 4.69) is 50.4 Å². The van der Waals surface area contributed by atoms with Crippen molar-refractivity contribution in [3.63, 3.8) is 0 Å². The SMILES string of the molecule is CCCCC/C=C\CCCCCCCC(=O)OC(/C=C/C/C=C\CCCCCCCC)CC(=O)NC(CO)C(O)CCCCCCCCCCCCCCC. The van der Waals surface area contributed by atoms with Crippen molar-refractivity contribution in [2.24, 2.45) is 0 Å². The van der Waals surface area contributed by atoms with Gasteiger partial charge in [-0.05, 0) is 63.9 Å². The molecule has 322 valence electrons. The molecule has 0 heterocycles. The number of esters is 1. The van der Waals surface area contributed by atoms with E-state index in [0.29, 0.717) is 12.8 Å². The van der Waals surface area contributed by atoms with Crippen molar-refractivity contribution in [3.05, 3.63) is 36.5 Å². The summed E-state index contributed by atoms with van der Waals surface area (Å²) >= 11 is 0. The van der Waals surface area contributed by atoms with Crippen LogP contribution in [0, 0.1) is 0 Å². The summed E-state index contributed by atoms with van der Waals surface area (Å²) in [7, 11) is 0. The van der Waals surface area contributed by atoms with Crippen molar-refractivity contribution in [2.75, 3.05) is 6.61 Å². The van der Waals surface area contributed by atoms with Crippen molar-refractivity contribution in [2.45, 2.75) is 257 Å². The van der Waals surface area contributed by atoms with Crippen LogP contribution >= 0.6 is 0 Å². The van der Waals surface area contributed by atoms with Gasteiger partial charge in [-0.1, -0.05) is 199 Å². The van der Waals surface area contributed by atoms with Gasteiger partial charge < -0.3 is 20.3 Å². The summed E-state index contributed by atoms with van der Waals surface area (Å²) < 4.78 is 5.80. The molecule has 3 unspecified atom stereocenters. The van der Waals surface area contributed by atoms with Crippen LogP contribution in [0.3, 0.4) is 0 Å². The Morgan fingerprint density at radius 2 is 0.964 bits per heavy atom. The maximum absolute atomic E-state index is 13.1. The van der Waals surface area contributed by atoms with Crippen LogP contribution in [0.15, 0.2) is 36.5 Å². The van der Waals surface area contributed by atoms with Crippen molar-refractivity contribution in [3.8, 4) is 0 Å². The van der Waals surface area contributed by atoms with Gasteiger partial charge in [0.1, 0.15) is 6.10 Å². The molecule has 1 amide bonds. The molecule has 55 heavy (non-hydrogen) atoms. The lowest BCUT2D eigenvalue weighted by molar-refractivity contribution is -0.148. The Morgan fingerprint density at radius 3 is 1.47 bits per heavy atom. The van der Waals surface area contributed by atoms with E-state index >= 15 is 0 Å². The monoisotopic (exact) mass is 774 g/mol. The molecule has 0 saturated heterocycles. The fourth-order valence-corrected chi connectivity index (χ4v) is 7.04. The predicted molar refractivity (Wildman–Crippen MR) is 236 cm³/mol. The highest BCUT2D eigenvalue weighted by molar-refractivity contribution is 5.78. The number of hydrogen-bond acceptors (Lipinski definition) is 5. The van der Waals surface area contributed by atoms with Crippen LogP contribution in [0.4, 0.5) is 0 Å². The Labute approximate surface area is 341 Å². The van der Waals surface area contributed by atoms with Gasteiger partial charge in [-0.3, -0.25) is 9.59 Å². The number of hydrogen-bond donors (Lipinski definition) is 3. The molecule has 0 aromatic rings. The van der Waals surface area contributed by atoms with Crippen molar-refractivity contribution >= 4 is 11.9 Å². The molecule has 0 saturated carbocycles. The quantitative estimate of drug-likeness (QED) is 0.0326. The number of ether oxygens (including phenoxy) is 1. The van der Waals surface area contributed by atoms with Crippen LogP contribution in [0.2, 0.25) is 0 Å². The zero-order valence-electron chi connectivity index (χ0n) is 36.6. The van der Waals surface area contributed by atoms with E-state index in [0.717, 1.165) is 57.8 Å². The van der Waals surface area contributed by atoms with Gasteiger partial charge in [0, 0.05) is 6.42 Å². The van der Waals surface area contributed by atoms with E-state index in [1.54, 1.807) is 0 Å². The highest BCUT2D eigenvalue weighted by Gasteiger charge is 2.23. The Morgan fingerprint density at radius 1 is 0.545 bits per heavy atom. The Bertz CT molecular complexity index is 915. The number of amides is 1. The first-order chi connectivity index (χ1) is 27.0. The van der Waals surface area contributed by atoms with Gasteiger partial charge in [-0.2, -0.15) is 0 Å². The Balaban J connectivity index is 4.64. The van der Waals surface area contributed by atoms with Crippen LogP contribution in [0.5, 0.6) is 0 Å². The van der Waals surface area contributed by atoms with Crippen LogP contribution in [0.1, 0.15) is 239 Å². The van der Waals surface area contributed by atoms with Gasteiger partial charge in [0.25, 0.3) is 0 Å². The van der Waals surface area contributed by atoms with E-state index in [9.17, 15) is 19.8 Å². The molecular formula is C49H91NO5. The zero-order valence-corrected chi connectivity index (χ0v) is 36.6. The number of nitrogens with one attached hydrogen (secondary N) is 1. The van der Waals surface area contributed by atoms with E-state index < -0.39 is 18.2 Å². The summed E-state index contributed by atoms with van der Waals surface area (Å²) in [6.45, 7) is 6.41. The predicted octanol–water partition coefficient (Wildman–Crippen LogP) is 13.7. The summed E-state index contributed by atoms with van der Waals surface area (Å²) in [6, 6.07) is -0.730. The summed E-state index contributed by atoms with van der Waals surface area (Å²) in [4.78, 5) is 25.9. The smallest absolute Gasteiger partial charge is 0.306 e. The zero-order chi connectivity index (χ0) is 40.3. The van der Waals surface area contributed by atoms with E-state index in [-0.39, 0.29) is 24.9 Å². The molecule has 0 aliphatic heterocycles. The topological polar surface area (TPSA) is 95.9 Å². The summed E-state index contributed by atoms with van der Waals surface area (Å²) in [5, 5.41) is 23.6. The fraction of sp³-hybridized carbons (Fsp3) is 0.837. The van der Waals surface area contributed by atoms with Crippen molar-refractivity contribution in [1.82, 2.24) is 5.32 Å². The fourth-order valence-electron chi connectivity index (χ4n) is 7.04. The van der Waals surface area contributed by atoms with Gasteiger partial charge in [0.2, 0.25) is 5.91 Å². The Hall–Kier alpha value is -1.92. The van der Waals surface area contributed by atoms with Crippen LogP contribution in [-0.4, -0.2) is 46.9 Å². The molecule has 0 aromatic carbocycles. The number of carbonyl (C=O) groups excluding carboxylic acids is 2. The average Bonchev–Trinajstić information content (AvgIpc) is 3.18. The van der Waals surface area contributed by atoms with E-state index in [1.807, 2.05) is 12.2 Å². The van der Waals surface area contributed by atoms with Gasteiger partial charge in [-0.25, -0.2) is 0 Å². The van der Waals surface area contributed by atoms with Crippen LogP contribution in [0.25, 0.3) is 0 Å². The first kappa shape index (κ1) is 53.1. The van der Waals surface area contributed by atoms with Gasteiger partial charge in [0.15, 0.2) is 0 Å². The number of carbonyl (C=O) groups is 2. The normalized spacial score (nSPS) is 13.6. The molecule has 0 aliphatic carbocycles. The molecule has 6 nitrogen and oxygen atoms in total. The van der Waals surface area contributed by atoms with Gasteiger partial charge >= 0.3 is 5.97 Å². The molecule has 3 atom stereocenters. The molecule has 0 aliphatic rings. The lowest BCUT2D eigenvalue weighted by Gasteiger charge is -2.23. The van der Waals surface area contributed by atoms with E-state index in [4.69, 9.17) is 4.74 Å². The van der Waals surface area contributed by atoms with Crippen molar-refractivity contribution < 1.29 is 24.5 Å². The molecule has 0 fully saturated rings. The molecule has 0 rings (SSSR count). The lowest BCUT2D eigenvalue weighted by Crippen LogP contribution is -2.46. The number of aliphatic hydroxyl groups is 2. The molecule has 0 aromatic heterocycles. The van der Waals surface area contributed by atoms with Gasteiger partial charge in [0.05, 0.1) is 25.2 Å². The minimum Gasteiger partial charge on any atom is -0.458 e. The summed E-state index contributed by atoms with van der Waals surface area (Å²) in [5.74, 6) is -0.610. The maximum Gasteiger partial charge on any atom is 0.306 e. The van der Waals surface area contributed by atoms with Crippen molar-refractivity contribution in [1.29, 1.82) is 0 Å².